The Morgan fingerprint density at radius 3 is 2.93 bits per heavy atom. The molecule has 86 valence electrons. The molecule has 0 bridgehead atoms. The number of hydrogen-bond acceptors (Lipinski definition) is 5. The van der Waals surface area contributed by atoms with Crippen LogP contribution in [0.2, 0.25) is 0 Å². The van der Waals surface area contributed by atoms with Gasteiger partial charge in [-0.15, -0.1) is 0 Å². The SMILES string of the molecule is COC(=O)/C=C/NCCN1CCSCC1. The minimum absolute atomic E-state index is 0.322. The molecule has 5 heteroatoms. The van der Waals surface area contributed by atoms with E-state index in [4.69, 9.17) is 0 Å². The van der Waals surface area contributed by atoms with Crippen LogP contribution in [0.3, 0.4) is 0 Å². The highest BCUT2D eigenvalue weighted by Gasteiger charge is 2.08. The van der Waals surface area contributed by atoms with E-state index in [2.05, 4.69) is 15.0 Å². The zero-order valence-electron chi connectivity index (χ0n) is 9.07. The Morgan fingerprint density at radius 2 is 2.27 bits per heavy atom. The summed E-state index contributed by atoms with van der Waals surface area (Å²) < 4.78 is 4.47. The molecule has 1 saturated heterocycles. The summed E-state index contributed by atoms with van der Waals surface area (Å²) in [4.78, 5) is 13.1. The molecule has 0 aromatic carbocycles. The van der Waals surface area contributed by atoms with Crippen LogP contribution < -0.4 is 5.32 Å². The zero-order valence-corrected chi connectivity index (χ0v) is 9.89. The topological polar surface area (TPSA) is 41.6 Å². The van der Waals surface area contributed by atoms with Crippen LogP contribution in [-0.2, 0) is 9.53 Å². The van der Waals surface area contributed by atoms with Gasteiger partial charge in [0, 0.05) is 50.0 Å². The molecule has 15 heavy (non-hydrogen) atoms. The van der Waals surface area contributed by atoms with Gasteiger partial charge in [-0.25, -0.2) is 4.79 Å². The highest BCUT2D eigenvalue weighted by atomic mass is 32.2. The van der Waals surface area contributed by atoms with E-state index in [0.717, 1.165) is 13.1 Å². The van der Waals surface area contributed by atoms with Gasteiger partial charge in [0.05, 0.1) is 7.11 Å². The van der Waals surface area contributed by atoms with Crippen LogP contribution >= 0.6 is 11.8 Å². The number of nitrogens with one attached hydrogen (secondary N) is 1. The maximum atomic E-state index is 10.7. The third-order valence-corrected chi connectivity index (χ3v) is 3.16. The van der Waals surface area contributed by atoms with Crippen LogP contribution in [0.5, 0.6) is 0 Å². The van der Waals surface area contributed by atoms with Gasteiger partial charge in [-0.05, 0) is 0 Å². The summed E-state index contributed by atoms with van der Waals surface area (Å²) in [5, 5.41) is 3.07. The second kappa shape index (κ2) is 7.59. The summed E-state index contributed by atoms with van der Waals surface area (Å²) in [5.41, 5.74) is 0. The summed E-state index contributed by atoms with van der Waals surface area (Å²) in [6.07, 6.45) is 3.04. The summed E-state index contributed by atoms with van der Waals surface area (Å²) in [7, 11) is 1.37. The molecule has 0 aliphatic carbocycles. The highest BCUT2D eigenvalue weighted by molar-refractivity contribution is 7.99. The molecule has 0 spiro atoms. The molecule has 0 unspecified atom stereocenters. The predicted octanol–water partition coefficient (Wildman–Crippen LogP) is 0.311. The average molecular weight is 230 g/mol. The van der Waals surface area contributed by atoms with Crippen molar-refractivity contribution >= 4 is 17.7 Å². The number of ether oxygens (including phenoxy) is 1. The van der Waals surface area contributed by atoms with Gasteiger partial charge in [-0.3, -0.25) is 4.90 Å². The largest absolute Gasteiger partial charge is 0.466 e. The van der Waals surface area contributed by atoms with Crippen molar-refractivity contribution in [2.24, 2.45) is 0 Å². The van der Waals surface area contributed by atoms with Crippen molar-refractivity contribution in [1.29, 1.82) is 0 Å². The number of esters is 1. The summed E-state index contributed by atoms with van der Waals surface area (Å²) in [6, 6.07) is 0. The van der Waals surface area contributed by atoms with Crippen molar-refractivity contribution < 1.29 is 9.53 Å². The van der Waals surface area contributed by atoms with Crippen molar-refractivity contribution in [3.63, 3.8) is 0 Å². The monoisotopic (exact) mass is 230 g/mol. The fourth-order valence-electron chi connectivity index (χ4n) is 1.33. The van der Waals surface area contributed by atoms with Gasteiger partial charge in [-0.1, -0.05) is 0 Å². The van der Waals surface area contributed by atoms with Crippen molar-refractivity contribution in [3.05, 3.63) is 12.3 Å². The second-order valence-electron chi connectivity index (χ2n) is 3.26. The van der Waals surface area contributed by atoms with Crippen LogP contribution in [0, 0.1) is 0 Å². The van der Waals surface area contributed by atoms with E-state index in [1.807, 2.05) is 11.8 Å². The van der Waals surface area contributed by atoms with Gasteiger partial charge in [0.2, 0.25) is 0 Å². The van der Waals surface area contributed by atoms with Crippen molar-refractivity contribution in [3.8, 4) is 0 Å². The number of rotatable bonds is 5. The first-order valence-electron chi connectivity index (χ1n) is 5.11. The molecule has 1 aliphatic heterocycles. The van der Waals surface area contributed by atoms with E-state index in [1.54, 1.807) is 6.20 Å². The van der Waals surface area contributed by atoms with Crippen LogP contribution in [0.15, 0.2) is 12.3 Å². The standard InChI is InChI=1S/C10H18N2O2S/c1-14-10(13)2-3-11-4-5-12-6-8-15-9-7-12/h2-3,11H,4-9H2,1H3/b3-2+. The van der Waals surface area contributed by atoms with Crippen molar-refractivity contribution in [1.82, 2.24) is 10.2 Å². The van der Waals surface area contributed by atoms with Gasteiger partial charge in [0.25, 0.3) is 0 Å². The molecular weight excluding hydrogens is 212 g/mol. The molecule has 1 fully saturated rings. The van der Waals surface area contributed by atoms with Crippen LogP contribution in [0.1, 0.15) is 0 Å². The lowest BCUT2D eigenvalue weighted by Gasteiger charge is -2.25. The molecule has 1 N–H and O–H groups in total. The Kier molecular flexibility index (Phi) is 6.27. The summed E-state index contributed by atoms with van der Waals surface area (Å²) in [5.74, 6) is 2.15. The number of hydrogen-bond donors (Lipinski definition) is 1. The van der Waals surface area contributed by atoms with E-state index in [0.29, 0.717) is 0 Å². The van der Waals surface area contributed by atoms with Crippen LogP contribution in [-0.4, -0.2) is 55.7 Å². The third-order valence-electron chi connectivity index (χ3n) is 2.21. The third kappa shape index (κ3) is 5.69. The number of thioether (sulfide) groups is 1. The van der Waals surface area contributed by atoms with Crippen LogP contribution in [0.4, 0.5) is 0 Å². The minimum Gasteiger partial charge on any atom is -0.466 e. The van der Waals surface area contributed by atoms with E-state index >= 15 is 0 Å². The number of nitrogens with zero attached hydrogens (tertiary/aromatic N) is 1. The van der Waals surface area contributed by atoms with Crippen molar-refractivity contribution in [2.45, 2.75) is 0 Å². The molecule has 1 aliphatic rings. The quantitative estimate of drug-likeness (QED) is 0.418. The Bertz CT molecular complexity index is 215. The van der Waals surface area contributed by atoms with Gasteiger partial charge in [0.15, 0.2) is 0 Å². The smallest absolute Gasteiger partial charge is 0.331 e. The molecular formula is C10H18N2O2S. The fraction of sp³-hybridized carbons (Fsp3) is 0.700. The highest BCUT2D eigenvalue weighted by Crippen LogP contribution is 2.07. The first kappa shape index (κ1) is 12.4. The molecule has 0 aromatic heterocycles. The number of carbonyl (C=O) groups is 1. The Morgan fingerprint density at radius 1 is 1.53 bits per heavy atom. The average Bonchev–Trinajstić information content (AvgIpc) is 2.29. The summed E-state index contributed by atoms with van der Waals surface area (Å²) >= 11 is 2.01. The molecule has 1 rings (SSSR count). The Labute approximate surface area is 95.0 Å². The molecule has 4 nitrogen and oxygen atoms in total. The maximum Gasteiger partial charge on any atom is 0.331 e. The normalized spacial score (nSPS) is 17.9. The van der Waals surface area contributed by atoms with Gasteiger partial charge >= 0.3 is 5.97 Å². The first-order chi connectivity index (χ1) is 7.33. The minimum atomic E-state index is -0.322. The van der Waals surface area contributed by atoms with E-state index in [-0.39, 0.29) is 5.97 Å². The van der Waals surface area contributed by atoms with Gasteiger partial charge in [-0.2, -0.15) is 11.8 Å². The Balaban J connectivity index is 2.00. The number of methoxy groups -OCH3 is 1. The number of carbonyl (C=O) groups excluding carboxylic acids is 1. The summed E-state index contributed by atoms with van der Waals surface area (Å²) in [6.45, 7) is 4.25. The lowest BCUT2D eigenvalue weighted by molar-refractivity contribution is -0.134. The zero-order chi connectivity index (χ0) is 10.9. The predicted molar refractivity (Wildman–Crippen MR) is 62.9 cm³/mol. The molecule has 0 amide bonds. The molecule has 0 saturated carbocycles. The Hall–Kier alpha value is -0.680. The molecule has 0 aromatic rings. The lowest BCUT2D eigenvalue weighted by Crippen LogP contribution is -2.36. The molecule has 1 heterocycles. The van der Waals surface area contributed by atoms with E-state index in [9.17, 15) is 4.79 Å². The van der Waals surface area contributed by atoms with Gasteiger partial charge < -0.3 is 10.1 Å². The fourth-order valence-corrected chi connectivity index (χ4v) is 2.30. The second-order valence-corrected chi connectivity index (χ2v) is 4.49. The van der Waals surface area contributed by atoms with Crippen molar-refractivity contribution in [2.75, 3.05) is 44.8 Å². The molecule has 0 atom stereocenters. The van der Waals surface area contributed by atoms with Crippen LogP contribution in [0.25, 0.3) is 0 Å². The lowest BCUT2D eigenvalue weighted by atomic mass is 10.4. The molecule has 0 radical (unpaired) electrons. The maximum absolute atomic E-state index is 10.7. The van der Waals surface area contributed by atoms with Gasteiger partial charge in [0.1, 0.15) is 0 Å². The van der Waals surface area contributed by atoms with E-state index < -0.39 is 0 Å². The van der Waals surface area contributed by atoms with E-state index in [1.165, 1.54) is 37.8 Å². The first-order valence-corrected chi connectivity index (χ1v) is 6.26.